The maximum absolute atomic E-state index is 5.46. The van der Waals surface area contributed by atoms with Crippen LogP contribution < -0.4 is 5.32 Å². The molecule has 0 spiro atoms. The van der Waals surface area contributed by atoms with E-state index in [4.69, 9.17) is 4.42 Å². The first-order valence-electron chi connectivity index (χ1n) is 7.74. The summed E-state index contributed by atoms with van der Waals surface area (Å²) in [6.07, 6.45) is 6.42. The highest BCUT2D eigenvalue weighted by Gasteiger charge is 2.35. The van der Waals surface area contributed by atoms with Crippen molar-refractivity contribution < 1.29 is 4.42 Å². The third kappa shape index (κ3) is 3.40. The van der Waals surface area contributed by atoms with Crippen molar-refractivity contribution in [2.24, 2.45) is 0 Å². The standard InChI is InChI=1S/C16H28N2O/c1-4-14-12-17-16(5-2,6-3)13-18(14)10-9-15-8-7-11-19-15/h7-8,11,14,17H,4-6,9-10,12-13H2,1-3H3. The molecule has 1 aromatic heterocycles. The van der Waals surface area contributed by atoms with Gasteiger partial charge in [0, 0.05) is 37.6 Å². The predicted octanol–water partition coefficient (Wildman–Crippen LogP) is 3.06. The molecule has 19 heavy (non-hydrogen) atoms. The third-order valence-electron chi connectivity index (χ3n) is 4.79. The minimum atomic E-state index is 0.314. The Hall–Kier alpha value is -0.800. The monoisotopic (exact) mass is 264 g/mol. The van der Waals surface area contributed by atoms with Gasteiger partial charge in [-0.3, -0.25) is 4.90 Å². The minimum absolute atomic E-state index is 0.314. The zero-order valence-electron chi connectivity index (χ0n) is 12.6. The fourth-order valence-corrected chi connectivity index (χ4v) is 3.13. The maximum atomic E-state index is 5.46. The van der Waals surface area contributed by atoms with Gasteiger partial charge in [-0.2, -0.15) is 0 Å². The number of nitrogens with one attached hydrogen (secondary N) is 1. The lowest BCUT2D eigenvalue weighted by Gasteiger charge is -2.47. The SMILES string of the molecule is CCC1CNC(CC)(CC)CN1CCc1ccco1. The zero-order chi connectivity index (χ0) is 13.7. The van der Waals surface area contributed by atoms with Gasteiger partial charge >= 0.3 is 0 Å². The van der Waals surface area contributed by atoms with E-state index in [2.05, 4.69) is 37.1 Å². The van der Waals surface area contributed by atoms with Crippen molar-refractivity contribution in [3.63, 3.8) is 0 Å². The second-order valence-electron chi connectivity index (χ2n) is 5.73. The van der Waals surface area contributed by atoms with Crippen molar-refractivity contribution in [3.8, 4) is 0 Å². The molecule has 1 fully saturated rings. The van der Waals surface area contributed by atoms with E-state index in [0.29, 0.717) is 11.6 Å². The Bertz CT molecular complexity index is 357. The van der Waals surface area contributed by atoms with Crippen molar-refractivity contribution >= 4 is 0 Å². The number of piperazine rings is 1. The molecule has 0 saturated carbocycles. The van der Waals surface area contributed by atoms with E-state index < -0.39 is 0 Å². The molecule has 1 aromatic rings. The van der Waals surface area contributed by atoms with Crippen LogP contribution in [-0.4, -0.2) is 36.1 Å². The average Bonchev–Trinajstić information content (AvgIpc) is 2.98. The first-order valence-corrected chi connectivity index (χ1v) is 7.74. The quantitative estimate of drug-likeness (QED) is 0.856. The van der Waals surface area contributed by atoms with Crippen molar-refractivity contribution in [1.29, 1.82) is 0 Å². The zero-order valence-corrected chi connectivity index (χ0v) is 12.6. The second kappa shape index (κ2) is 6.58. The second-order valence-corrected chi connectivity index (χ2v) is 5.73. The van der Waals surface area contributed by atoms with Crippen molar-refractivity contribution in [2.45, 2.75) is 58.0 Å². The summed E-state index contributed by atoms with van der Waals surface area (Å²) in [5.41, 5.74) is 0.314. The van der Waals surface area contributed by atoms with Crippen molar-refractivity contribution in [3.05, 3.63) is 24.2 Å². The van der Waals surface area contributed by atoms with Crippen molar-refractivity contribution in [1.82, 2.24) is 10.2 Å². The lowest BCUT2D eigenvalue weighted by atomic mass is 9.88. The Labute approximate surface area is 117 Å². The van der Waals surface area contributed by atoms with Crippen LogP contribution in [0.2, 0.25) is 0 Å². The highest BCUT2D eigenvalue weighted by molar-refractivity contribution is 5.01. The highest BCUT2D eigenvalue weighted by atomic mass is 16.3. The van der Waals surface area contributed by atoms with Gasteiger partial charge in [0.05, 0.1) is 6.26 Å². The molecule has 1 atom stereocenters. The van der Waals surface area contributed by atoms with Crippen LogP contribution in [0.5, 0.6) is 0 Å². The molecule has 1 aliphatic heterocycles. The molecule has 0 radical (unpaired) electrons. The number of hydrogen-bond acceptors (Lipinski definition) is 3. The highest BCUT2D eigenvalue weighted by Crippen LogP contribution is 2.24. The van der Waals surface area contributed by atoms with Crippen LogP contribution in [0.15, 0.2) is 22.8 Å². The fraction of sp³-hybridized carbons (Fsp3) is 0.750. The molecule has 108 valence electrons. The molecule has 0 aliphatic carbocycles. The molecule has 3 heteroatoms. The van der Waals surface area contributed by atoms with Gasteiger partial charge in [-0.25, -0.2) is 0 Å². The van der Waals surface area contributed by atoms with Crippen LogP contribution in [-0.2, 0) is 6.42 Å². The van der Waals surface area contributed by atoms with Crippen LogP contribution in [0.25, 0.3) is 0 Å². The molecular formula is C16H28N2O. The van der Waals surface area contributed by atoms with Gasteiger partial charge in [0.25, 0.3) is 0 Å². The van der Waals surface area contributed by atoms with E-state index >= 15 is 0 Å². The number of nitrogens with zero attached hydrogens (tertiary/aromatic N) is 1. The van der Waals surface area contributed by atoms with E-state index in [-0.39, 0.29) is 0 Å². The van der Waals surface area contributed by atoms with Gasteiger partial charge < -0.3 is 9.73 Å². The van der Waals surface area contributed by atoms with Gasteiger partial charge in [0.1, 0.15) is 5.76 Å². The molecule has 0 amide bonds. The summed E-state index contributed by atoms with van der Waals surface area (Å²) < 4.78 is 5.46. The summed E-state index contributed by atoms with van der Waals surface area (Å²) in [7, 11) is 0. The third-order valence-corrected chi connectivity index (χ3v) is 4.79. The predicted molar refractivity (Wildman–Crippen MR) is 79.4 cm³/mol. The first-order chi connectivity index (χ1) is 9.23. The van der Waals surface area contributed by atoms with Gasteiger partial charge in [-0.05, 0) is 31.4 Å². The molecule has 0 aromatic carbocycles. The summed E-state index contributed by atoms with van der Waals surface area (Å²) in [6.45, 7) is 10.3. The largest absolute Gasteiger partial charge is 0.469 e. The fourth-order valence-electron chi connectivity index (χ4n) is 3.13. The molecule has 2 rings (SSSR count). The van der Waals surface area contributed by atoms with Crippen LogP contribution >= 0.6 is 0 Å². The van der Waals surface area contributed by atoms with E-state index in [9.17, 15) is 0 Å². The van der Waals surface area contributed by atoms with E-state index in [0.717, 1.165) is 25.3 Å². The molecule has 1 unspecified atom stereocenters. The van der Waals surface area contributed by atoms with E-state index in [1.165, 1.54) is 25.8 Å². The maximum Gasteiger partial charge on any atom is 0.105 e. The molecule has 0 bridgehead atoms. The average molecular weight is 264 g/mol. The van der Waals surface area contributed by atoms with Gasteiger partial charge in [-0.15, -0.1) is 0 Å². The Morgan fingerprint density at radius 1 is 1.37 bits per heavy atom. The summed E-state index contributed by atoms with van der Waals surface area (Å²) in [5.74, 6) is 1.10. The summed E-state index contributed by atoms with van der Waals surface area (Å²) >= 11 is 0. The van der Waals surface area contributed by atoms with Crippen molar-refractivity contribution in [2.75, 3.05) is 19.6 Å². The molecular weight excluding hydrogens is 236 g/mol. The van der Waals surface area contributed by atoms with E-state index in [1.807, 2.05) is 6.07 Å². The smallest absolute Gasteiger partial charge is 0.105 e. The summed E-state index contributed by atoms with van der Waals surface area (Å²) in [5, 5.41) is 3.79. The van der Waals surface area contributed by atoms with Gasteiger partial charge in [-0.1, -0.05) is 20.8 Å². The Morgan fingerprint density at radius 2 is 2.16 bits per heavy atom. The van der Waals surface area contributed by atoms with Crippen LogP contribution in [0.4, 0.5) is 0 Å². The summed E-state index contributed by atoms with van der Waals surface area (Å²) in [4.78, 5) is 2.66. The van der Waals surface area contributed by atoms with E-state index in [1.54, 1.807) is 6.26 Å². The van der Waals surface area contributed by atoms with Gasteiger partial charge in [0.15, 0.2) is 0 Å². The normalized spacial score (nSPS) is 23.6. The van der Waals surface area contributed by atoms with Crippen LogP contribution in [0.1, 0.15) is 45.8 Å². The number of hydrogen-bond donors (Lipinski definition) is 1. The molecule has 1 N–H and O–H groups in total. The Morgan fingerprint density at radius 3 is 2.74 bits per heavy atom. The molecule has 3 nitrogen and oxygen atoms in total. The van der Waals surface area contributed by atoms with Crippen LogP contribution in [0.3, 0.4) is 0 Å². The molecule has 1 aliphatic rings. The lowest BCUT2D eigenvalue weighted by Crippen LogP contribution is -2.63. The first kappa shape index (κ1) is 14.6. The lowest BCUT2D eigenvalue weighted by molar-refractivity contribution is 0.0705. The summed E-state index contributed by atoms with van der Waals surface area (Å²) in [6, 6.07) is 4.73. The topological polar surface area (TPSA) is 28.4 Å². The number of furan rings is 1. The van der Waals surface area contributed by atoms with Gasteiger partial charge in [0.2, 0.25) is 0 Å². The Balaban J connectivity index is 1.97. The van der Waals surface area contributed by atoms with Crippen LogP contribution in [0, 0.1) is 0 Å². The molecule has 2 heterocycles. The minimum Gasteiger partial charge on any atom is -0.469 e. The number of rotatable bonds is 6. The Kier molecular flexibility index (Phi) is 5.06. The molecule has 1 saturated heterocycles.